The van der Waals surface area contributed by atoms with Crippen molar-refractivity contribution in [2.75, 3.05) is 11.1 Å². The highest BCUT2D eigenvalue weighted by molar-refractivity contribution is 5.85. The van der Waals surface area contributed by atoms with E-state index in [0.29, 0.717) is 51.6 Å². The number of hydrogen-bond donors (Lipinski definition) is 2. The number of aromatic nitrogens is 6. The number of rotatable bonds is 6. The van der Waals surface area contributed by atoms with Gasteiger partial charge in [0.2, 0.25) is 0 Å². The summed E-state index contributed by atoms with van der Waals surface area (Å²) < 4.78 is 6.97. The lowest BCUT2D eigenvalue weighted by atomic mass is 10.1. The normalized spacial score (nSPS) is 11.6. The van der Waals surface area contributed by atoms with Crippen LogP contribution in [0.4, 0.5) is 11.6 Å². The van der Waals surface area contributed by atoms with Gasteiger partial charge in [0, 0.05) is 5.56 Å². The molecule has 5 rings (SSSR count). The SMILES string of the molecule is CC#Cc1cccc2nc([C@H](CC)Nc3ncnc(N)c3-c3nc(C)no3)n(-c3ccccc3)c(=O)c12. The molecule has 0 bridgehead atoms. The van der Waals surface area contributed by atoms with Gasteiger partial charge in [0.05, 0.1) is 22.6 Å². The first-order chi connectivity index (χ1) is 18.0. The van der Waals surface area contributed by atoms with E-state index in [-0.39, 0.29) is 17.3 Å². The molecule has 0 aliphatic heterocycles. The van der Waals surface area contributed by atoms with E-state index in [1.165, 1.54) is 6.33 Å². The van der Waals surface area contributed by atoms with Crippen molar-refractivity contribution in [3.05, 3.63) is 82.4 Å². The van der Waals surface area contributed by atoms with Gasteiger partial charge in [-0.3, -0.25) is 9.36 Å². The molecule has 0 fully saturated rings. The van der Waals surface area contributed by atoms with Gasteiger partial charge in [-0.25, -0.2) is 15.0 Å². The fourth-order valence-electron chi connectivity index (χ4n) is 4.18. The number of anilines is 2. The molecule has 0 aliphatic carbocycles. The molecule has 37 heavy (non-hydrogen) atoms. The molecule has 3 heterocycles. The summed E-state index contributed by atoms with van der Waals surface area (Å²) in [6, 6.07) is 14.5. The van der Waals surface area contributed by atoms with E-state index in [1.54, 1.807) is 18.4 Å². The van der Waals surface area contributed by atoms with Crippen LogP contribution in [0.25, 0.3) is 28.0 Å². The van der Waals surface area contributed by atoms with Crippen molar-refractivity contribution in [2.24, 2.45) is 0 Å². The average Bonchev–Trinajstić information content (AvgIpc) is 3.33. The van der Waals surface area contributed by atoms with Crippen LogP contribution < -0.4 is 16.6 Å². The summed E-state index contributed by atoms with van der Waals surface area (Å²) in [6.45, 7) is 5.44. The Morgan fingerprint density at radius 2 is 1.92 bits per heavy atom. The smallest absolute Gasteiger partial charge is 0.267 e. The summed E-state index contributed by atoms with van der Waals surface area (Å²) in [5, 5.41) is 7.72. The fraction of sp³-hybridized carbons (Fsp3) is 0.185. The Morgan fingerprint density at radius 1 is 1.11 bits per heavy atom. The van der Waals surface area contributed by atoms with E-state index in [0.717, 1.165) is 0 Å². The van der Waals surface area contributed by atoms with Gasteiger partial charge in [-0.1, -0.05) is 42.3 Å². The molecular formula is C27H24N8O2. The van der Waals surface area contributed by atoms with Crippen molar-refractivity contribution in [3.63, 3.8) is 0 Å². The highest BCUT2D eigenvalue weighted by Gasteiger charge is 2.25. The molecule has 1 atom stereocenters. The molecule has 0 saturated heterocycles. The van der Waals surface area contributed by atoms with Crippen LogP contribution in [-0.4, -0.2) is 29.7 Å². The van der Waals surface area contributed by atoms with E-state index >= 15 is 0 Å². The van der Waals surface area contributed by atoms with Crippen LogP contribution in [0.1, 0.15) is 43.5 Å². The molecular weight excluding hydrogens is 468 g/mol. The lowest BCUT2D eigenvalue weighted by Crippen LogP contribution is -2.29. The molecule has 0 spiro atoms. The number of aryl methyl sites for hydroxylation is 1. The Bertz CT molecular complexity index is 1710. The third-order valence-corrected chi connectivity index (χ3v) is 5.85. The monoisotopic (exact) mass is 492 g/mol. The highest BCUT2D eigenvalue weighted by atomic mass is 16.5. The maximum atomic E-state index is 14.0. The second-order valence-corrected chi connectivity index (χ2v) is 8.26. The summed E-state index contributed by atoms with van der Waals surface area (Å²) in [4.78, 5) is 31.8. The average molecular weight is 493 g/mol. The Kier molecular flexibility index (Phi) is 6.34. The number of hydrogen-bond acceptors (Lipinski definition) is 9. The van der Waals surface area contributed by atoms with E-state index in [1.807, 2.05) is 55.5 Å². The Morgan fingerprint density at radius 3 is 2.62 bits per heavy atom. The van der Waals surface area contributed by atoms with Crippen molar-refractivity contribution in [2.45, 2.75) is 33.2 Å². The third-order valence-electron chi connectivity index (χ3n) is 5.85. The van der Waals surface area contributed by atoms with Crippen molar-refractivity contribution < 1.29 is 4.52 Å². The fourth-order valence-corrected chi connectivity index (χ4v) is 4.18. The molecule has 3 N–H and O–H groups in total. The predicted molar refractivity (Wildman–Crippen MR) is 141 cm³/mol. The van der Waals surface area contributed by atoms with Crippen LogP contribution in [0.2, 0.25) is 0 Å². The first kappa shape index (κ1) is 23.7. The maximum absolute atomic E-state index is 14.0. The minimum absolute atomic E-state index is 0.186. The summed E-state index contributed by atoms with van der Waals surface area (Å²) in [5.74, 6) is 7.66. The summed E-state index contributed by atoms with van der Waals surface area (Å²) in [5.41, 5.74) is 8.23. The number of nitrogens with one attached hydrogen (secondary N) is 1. The lowest BCUT2D eigenvalue weighted by Gasteiger charge is -2.23. The topological polar surface area (TPSA) is 138 Å². The summed E-state index contributed by atoms with van der Waals surface area (Å²) in [7, 11) is 0. The molecule has 0 radical (unpaired) electrons. The van der Waals surface area contributed by atoms with Gasteiger partial charge < -0.3 is 15.6 Å². The molecule has 3 aromatic heterocycles. The van der Waals surface area contributed by atoms with Crippen molar-refractivity contribution >= 4 is 22.5 Å². The van der Waals surface area contributed by atoms with Crippen LogP contribution in [0, 0.1) is 18.8 Å². The number of nitrogens with two attached hydrogens (primary N) is 1. The van der Waals surface area contributed by atoms with Crippen molar-refractivity contribution in [1.82, 2.24) is 29.7 Å². The summed E-state index contributed by atoms with van der Waals surface area (Å²) >= 11 is 0. The molecule has 184 valence electrons. The largest absolute Gasteiger partial charge is 0.383 e. The first-order valence-corrected chi connectivity index (χ1v) is 11.7. The quantitative estimate of drug-likeness (QED) is 0.336. The van der Waals surface area contributed by atoms with Gasteiger partial charge in [-0.15, -0.1) is 5.92 Å². The third kappa shape index (κ3) is 4.38. The number of fused-ring (bicyclic) bond motifs is 1. The molecule has 0 unspecified atom stereocenters. The Labute approximate surface area is 212 Å². The molecule has 0 aliphatic rings. The second-order valence-electron chi connectivity index (χ2n) is 8.26. The zero-order valence-corrected chi connectivity index (χ0v) is 20.6. The van der Waals surface area contributed by atoms with Crippen molar-refractivity contribution in [3.8, 4) is 29.0 Å². The maximum Gasteiger partial charge on any atom is 0.267 e. The van der Waals surface area contributed by atoms with Gasteiger partial charge in [0.25, 0.3) is 11.4 Å². The molecule has 5 aromatic rings. The lowest BCUT2D eigenvalue weighted by molar-refractivity contribution is 0.425. The number of nitrogen functional groups attached to an aromatic ring is 1. The molecule has 2 aromatic carbocycles. The first-order valence-electron chi connectivity index (χ1n) is 11.7. The second kappa shape index (κ2) is 9.91. The molecule has 10 nitrogen and oxygen atoms in total. The molecule has 0 amide bonds. The number of benzene rings is 2. The molecule has 10 heteroatoms. The van der Waals surface area contributed by atoms with Crippen LogP contribution in [0.3, 0.4) is 0 Å². The van der Waals surface area contributed by atoms with Crippen LogP contribution in [-0.2, 0) is 0 Å². The minimum atomic E-state index is -0.435. The van der Waals surface area contributed by atoms with E-state index in [2.05, 4.69) is 37.3 Å². The molecule has 0 saturated carbocycles. The minimum Gasteiger partial charge on any atom is -0.383 e. The van der Waals surface area contributed by atoms with Gasteiger partial charge in [0.15, 0.2) is 5.82 Å². The Balaban J connectivity index is 1.73. The zero-order valence-electron chi connectivity index (χ0n) is 20.6. The van der Waals surface area contributed by atoms with Gasteiger partial charge >= 0.3 is 0 Å². The van der Waals surface area contributed by atoms with E-state index in [9.17, 15) is 4.79 Å². The Hall–Kier alpha value is -5.04. The number of nitrogens with zero attached hydrogens (tertiary/aromatic N) is 6. The van der Waals surface area contributed by atoms with Gasteiger partial charge in [-0.2, -0.15) is 4.98 Å². The van der Waals surface area contributed by atoms with E-state index < -0.39 is 6.04 Å². The highest BCUT2D eigenvalue weighted by Crippen LogP contribution is 2.32. The van der Waals surface area contributed by atoms with Crippen molar-refractivity contribution in [1.29, 1.82) is 0 Å². The van der Waals surface area contributed by atoms with Gasteiger partial charge in [0.1, 0.15) is 29.4 Å². The van der Waals surface area contributed by atoms with Crippen LogP contribution in [0.15, 0.2) is 64.2 Å². The predicted octanol–water partition coefficient (Wildman–Crippen LogP) is 4.05. The summed E-state index contributed by atoms with van der Waals surface area (Å²) in [6.07, 6.45) is 1.93. The van der Waals surface area contributed by atoms with Crippen LogP contribution in [0.5, 0.6) is 0 Å². The van der Waals surface area contributed by atoms with E-state index in [4.69, 9.17) is 15.2 Å². The van der Waals surface area contributed by atoms with Gasteiger partial charge in [-0.05, 0) is 44.5 Å². The number of para-hydroxylation sites is 1. The standard InChI is InChI=1S/C27H24N8O2/c1-4-10-17-11-9-14-20-21(17)27(36)35(18-12-7-6-8-13-18)25(33-20)19(5-2)32-24-22(23(28)29-15-30-24)26-31-16(3)34-37-26/h6-9,11-15,19H,5H2,1-3H3,(H3,28,29,30,32)/t19-/m0/s1. The zero-order chi connectivity index (χ0) is 25.9. The van der Waals surface area contributed by atoms with Crippen LogP contribution >= 0.6 is 0 Å².